The third-order valence-corrected chi connectivity index (χ3v) is 3.52. The average Bonchev–Trinajstić information content (AvgIpc) is 2.38. The van der Waals surface area contributed by atoms with Gasteiger partial charge in [-0.25, -0.2) is 0 Å². The summed E-state index contributed by atoms with van der Waals surface area (Å²) in [6, 6.07) is 8.26. The topological polar surface area (TPSA) is 38.3 Å². The van der Waals surface area contributed by atoms with Gasteiger partial charge in [0, 0.05) is 0 Å². The molecule has 0 radical (unpaired) electrons. The predicted octanol–water partition coefficient (Wildman–Crippen LogP) is 2.00. The predicted molar refractivity (Wildman–Crippen MR) is 67.0 cm³/mol. The lowest BCUT2D eigenvalue weighted by Gasteiger charge is -2.29. The molecule has 1 aliphatic rings. The Balaban J connectivity index is 2.12. The Morgan fingerprint density at radius 1 is 1.41 bits per heavy atom. The molecular weight excluding hydrogens is 214 g/mol. The van der Waals surface area contributed by atoms with Gasteiger partial charge in [-0.15, -0.1) is 0 Å². The number of hydrogen-bond acceptors (Lipinski definition) is 3. The van der Waals surface area contributed by atoms with E-state index in [0.717, 1.165) is 19.4 Å². The van der Waals surface area contributed by atoms with E-state index in [4.69, 9.17) is 4.74 Å². The minimum absolute atomic E-state index is 0.150. The van der Waals surface area contributed by atoms with Crippen molar-refractivity contribution < 1.29 is 9.53 Å². The van der Waals surface area contributed by atoms with E-state index in [1.54, 1.807) is 0 Å². The molecule has 92 valence electrons. The van der Waals surface area contributed by atoms with Gasteiger partial charge in [0.25, 0.3) is 0 Å². The van der Waals surface area contributed by atoms with Gasteiger partial charge in [-0.2, -0.15) is 0 Å². The van der Waals surface area contributed by atoms with Gasteiger partial charge < -0.3 is 10.1 Å². The second-order valence-corrected chi connectivity index (χ2v) is 4.61. The zero-order chi connectivity index (χ0) is 12.3. The molecule has 2 rings (SSSR count). The first kappa shape index (κ1) is 12.1. The van der Waals surface area contributed by atoms with E-state index in [9.17, 15) is 4.79 Å². The molecule has 3 heteroatoms. The average molecular weight is 233 g/mol. The van der Waals surface area contributed by atoms with E-state index in [0.29, 0.717) is 5.92 Å². The molecule has 0 amide bonds. The lowest BCUT2D eigenvalue weighted by molar-refractivity contribution is -0.143. The lowest BCUT2D eigenvalue weighted by Crippen LogP contribution is -2.43. The van der Waals surface area contributed by atoms with Gasteiger partial charge in [-0.05, 0) is 43.4 Å². The molecule has 1 saturated heterocycles. The van der Waals surface area contributed by atoms with Crippen LogP contribution in [-0.4, -0.2) is 25.7 Å². The third-order valence-electron chi connectivity index (χ3n) is 3.52. The van der Waals surface area contributed by atoms with Crippen LogP contribution in [-0.2, 0) is 9.53 Å². The Bertz CT molecular complexity index is 403. The van der Waals surface area contributed by atoms with Crippen LogP contribution in [0.5, 0.6) is 0 Å². The molecule has 1 aliphatic heterocycles. The van der Waals surface area contributed by atoms with E-state index >= 15 is 0 Å². The standard InChI is InChI=1S/C14H19NO2/c1-10-5-3-4-6-12(10)11-7-8-15-13(9-11)14(16)17-2/h3-6,11,13,15H,7-9H2,1-2H3. The van der Waals surface area contributed by atoms with E-state index in [-0.39, 0.29) is 12.0 Å². The smallest absolute Gasteiger partial charge is 0.322 e. The summed E-state index contributed by atoms with van der Waals surface area (Å²) in [5, 5.41) is 3.21. The number of benzene rings is 1. The van der Waals surface area contributed by atoms with Crippen LogP contribution in [0.2, 0.25) is 0 Å². The summed E-state index contributed by atoms with van der Waals surface area (Å²) in [5.41, 5.74) is 2.67. The molecule has 1 fully saturated rings. The molecule has 1 heterocycles. The highest BCUT2D eigenvalue weighted by molar-refractivity contribution is 5.75. The number of carbonyl (C=O) groups is 1. The number of methoxy groups -OCH3 is 1. The van der Waals surface area contributed by atoms with Gasteiger partial charge in [0.05, 0.1) is 7.11 Å². The highest BCUT2D eigenvalue weighted by Crippen LogP contribution is 2.30. The zero-order valence-corrected chi connectivity index (χ0v) is 10.4. The Morgan fingerprint density at radius 3 is 2.88 bits per heavy atom. The molecule has 1 aromatic rings. The number of nitrogens with one attached hydrogen (secondary N) is 1. The van der Waals surface area contributed by atoms with Gasteiger partial charge in [-0.3, -0.25) is 4.79 Å². The van der Waals surface area contributed by atoms with Crippen LogP contribution in [0.3, 0.4) is 0 Å². The Labute approximate surface area is 102 Å². The minimum Gasteiger partial charge on any atom is -0.468 e. The molecule has 1 N–H and O–H groups in total. The van der Waals surface area contributed by atoms with Gasteiger partial charge in [0.1, 0.15) is 6.04 Å². The van der Waals surface area contributed by atoms with Crippen molar-refractivity contribution in [3.8, 4) is 0 Å². The van der Waals surface area contributed by atoms with Gasteiger partial charge in [0.15, 0.2) is 0 Å². The number of ether oxygens (including phenoxy) is 1. The van der Waals surface area contributed by atoms with Crippen molar-refractivity contribution in [2.75, 3.05) is 13.7 Å². The fourth-order valence-corrected chi connectivity index (χ4v) is 2.57. The fraction of sp³-hybridized carbons (Fsp3) is 0.500. The van der Waals surface area contributed by atoms with Gasteiger partial charge >= 0.3 is 5.97 Å². The highest BCUT2D eigenvalue weighted by Gasteiger charge is 2.28. The molecule has 0 aromatic heterocycles. The van der Waals surface area contributed by atoms with Crippen LogP contribution in [0, 0.1) is 6.92 Å². The molecule has 1 aromatic carbocycles. The monoisotopic (exact) mass is 233 g/mol. The van der Waals surface area contributed by atoms with Crippen molar-refractivity contribution >= 4 is 5.97 Å². The molecule has 2 atom stereocenters. The summed E-state index contributed by atoms with van der Waals surface area (Å²) in [4.78, 5) is 11.5. The quantitative estimate of drug-likeness (QED) is 0.794. The first-order valence-corrected chi connectivity index (χ1v) is 6.09. The SMILES string of the molecule is COC(=O)C1CC(c2ccccc2C)CCN1. The molecule has 0 saturated carbocycles. The van der Waals surface area contributed by atoms with E-state index < -0.39 is 0 Å². The number of esters is 1. The largest absolute Gasteiger partial charge is 0.468 e. The summed E-state index contributed by atoms with van der Waals surface area (Å²) in [6.07, 6.45) is 1.91. The van der Waals surface area contributed by atoms with Crippen LogP contribution in [0.4, 0.5) is 0 Å². The maximum absolute atomic E-state index is 11.5. The summed E-state index contributed by atoms with van der Waals surface area (Å²) in [5.74, 6) is 0.310. The molecular formula is C14H19NO2. The number of piperidine rings is 1. The highest BCUT2D eigenvalue weighted by atomic mass is 16.5. The van der Waals surface area contributed by atoms with Crippen molar-refractivity contribution in [1.82, 2.24) is 5.32 Å². The second kappa shape index (κ2) is 5.32. The van der Waals surface area contributed by atoms with Crippen molar-refractivity contribution in [2.24, 2.45) is 0 Å². The van der Waals surface area contributed by atoms with Crippen LogP contribution >= 0.6 is 0 Å². The fourth-order valence-electron chi connectivity index (χ4n) is 2.57. The van der Waals surface area contributed by atoms with E-state index in [1.165, 1.54) is 18.2 Å². The normalized spacial score (nSPS) is 24.4. The lowest BCUT2D eigenvalue weighted by atomic mass is 9.84. The van der Waals surface area contributed by atoms with Gasteiger partial charge in [0.2, 0.25) is 0 Å². The molecule has 3 nitrogen and oxygen atoms in total. The van der Waals surface area contributed by atoms with Crippen molar-refractivity contribution in [1.29, 1.82) is 0 Å². The van der Waals surface area contributed by atoms with Crippen molar-refractivity contribution in [3.05, 3.63) is 35.4 Å². The summed E-state index contributed by atoms with van der Waals surface area (Å²) in [7, 11) is 1.45. The number of aryl methyl sites for hydroxylation is 1. The Kier molecular flexibility index (Phi) is 3.79. The maximum Gasteiger partial charge on any atom is 0.322 e. The van der Waals surface area contributed by atoms with Crippen LogP contribution in [0.25, 0.3) is 0 Å². The first-order chi connectivity index (χ1) is 8.22. The molecule has 0 aliphatic carbocycles. The Morgan fingerprint density at radius 2 is 2.18 bits per heavy atom. The molecule has 0 bridgehead atoms. The van der Waals surface area contributed by atoms with Gasteiger partial charge in [-0.1, -0.05) is 24.3 Å². The van der Waals surface area contributed by atoms with E-state index in [1.807, 2.05) is 0 Å². The molecule has 0 spiro atoms. The third kappa shape index (κ3) is 2.67. The van der Waals surface area contributed by atoms with Crippen molar-refractivity contribution in [3.63, 3.8) is 0 Å². The second-order valence-electron chi connectivity index (χ2n) is 4.61. The van der Waals surface area contributed by atoms with Crippen molar-refractivity contribution in [2.45, 2.75) is 31.7 Å². The maximum atomic E-state index is 11.5. The number of rotatable bonds is 2. The molecule has 2 unspecified atom stereocenters. The van der Waals surface area contributed by atoms with Crippen LogP contribution in [0.1, 0.15) is 29.9 Å². The minimum atomic E-state index is -0.154. The summed E-state index contributed by atoms with van der Waals surface area (Å²) >= 11 is 0. The zero-order valence-electron chi connectivity index (χ0n) is 10.4. The molecule has 17 heavy (non-hydrogen) atoms. The van der Waals surface area contributed by atoms with Crippen LogP contribution in [0.15, 0.2) is 24.3 Å². The number of carbonyl (C=O) groups excluding carboxylic acids is 1. The van der Waals surface area contributed by atoms with Crippen LogP contribution < -0.4 is 5.32 Å². The summed E-state index contributed by atoms with van der Waals surface area (Å²) in [6.45, 7) is 3.00. The number of hydrogen-bond donors (Lipinski definition) is 1. The summed E-state index contributed by atoms with van der Waals surface area (Å²) < 4.78 is 4.80. The Hall–Kier alpha value is -1.35. The van der Waals surface area contributed by atoms with E-state index in [2.05, 4.69) is 36.5 Å². The first-order valence-electron chi connectivity index (χ1n) is 6.09.